The Labute approximate surface area is 266 Å². The Kier molecular flexibility index (Phi) is 8.15. The first-order chi connectivity index (χ1) is 22.3. The number of hydrogen-bond donors (Lipinski definition) is 0. The SMILES string of the molecule is C(=C(/c1ccccc1)c1ccc(-c2ccc(N(c3ccccc3)c3ccccc3)cc2)cc1)/c1ccc(-c2ccccc2)cc1. The molecule has 214 valence electrons. The first kappa shape index (κ1) is 27.9. The van der Waals surface area contributed by atoms with Crippen molar-refractivity contribution >= 4 is 28.7 Å². The molecule has 0 fully saturated rings. The Morgan fingerprint density at radius 3 is 1.18 bits per heavy atom. The highest BCUT2D eigenvalue weighted by Gasteiger charge is 2.12. The summed E-state index contributed by atoms with van der Waals surface area (Å²) in [6.45, 7) is 0. The summed E-state index contributed by atoms with van der Waals surface area (Å²) in [4.78, 5) is 2.29. The van der Waals surface area contributed by atoms with Gasteiger partial charge in [-0.3, -0.25) is 0 Å². The first-order valence-corrected chi connectivity index (χ1v) is 15.4. The molecule has 1 heteroatoms. The van der Waals surface area contributed by atoms with E-state index in [2.05, 4.69) is 205 Å². The Morgan fingerprint density at radius 1 is 0.311 bits per heavy atom. The van der Waals surface area contributed by atoms with Gasteiger partial charge in [-0.2, -0.15) is 0 Å². The van der Waals surface area contributed by atoms with Crippen molar-refractivity contribution in [1.82, 2.24) is 0 Å². The fourth-order valence-corrected chi connectivity index (χ4v) is 5.77. The van der Waals surface area contributed by atoms with Crippen LogP contribution in [-0.2, 0) is 0 Å². The minimum Gasteiger partial charge on any atom is -0.311 e. The van der Waals surface area contributed by atoms with Gasteiger partial charge in [-0.25, -0.2) is 0 Å². The third kappa shape index (κ3) is 6.39. The number of rotatable bonds is 8. The number of anilines is 3. The summed E-state index contributed by atoms with van der Waals surface area (Å²) in [6, 6.07) is 68.8. The van der Waals surface area contributed by atoms with Gasteiger partial charge < -0.3 is 4.90 Å². The summed E-state index contributed by atoms with van der Waals surface area (Å²) in [5.41, 5.74) is 13.0. The van der Waals surface area contributed by atoms with E-state index in [1.54, 1.807) is 0 Å². The molecule has 0 radical (unpaired) electrons. The van der Waals surface area contributed by atoms with Crippen LogP contribution in [0.5, 0.6) is 0 Å². The van der Waals surface area contributed by atoms with E-state index in [0.29, 0.717) is 0 Å². The molecule has 0 aromatic heterocycles. The second-order valence-electron chi connectivity index (χ2n) is 11.0. The topological polar surface area (TPSA) is 3.24 Å². The van der Waals surface area contributed by atoms with Crippen LogP contribution < -0.4 is 4.90 Å². The molecule has 0 atom stereocenters. The minimum absolute atomic E-state index is 1.13. The molecule has 0 N–H and O–H groups in total. The molecule has 0 aliphatic heterocycles. The van der Waals surface area contributed by atoms with E-state index in [1.165, 1.54) is 44.5 Å². The Balaban J connectivity index is 1.18. The second kappa shape index (κ2) is 13.2. The molecule has 7 rings (SSSR count). The van der Waals surface area contributed by atoms with E-state index < -0.39 is 0 Å². The average Bonchev–Trinajstić information content (AvgIpc) is 3.13. The number of nitrogens with zero attached hydrogens (tertiary/aromatic N) is 1. The first-order valence-electron chi connectivity index (χ1n) is 15.4. The lowest BCUT2D eigenvalue weighted by Crippen LogP contribution is -2.09. The molecule has 0 bridgehead atoms. The predicted molar refractivity (Wildman–Crippen MR) is 192 cm³/mol. The van der Waals surface area contributed by atoms with E-state index in [1.807, 2.05) is 0 Å². The summed E-state index contributed by atoms with van der Waals surface area (Å²) in [6.07, 6.45) is 2.29. The summed E-state index contributed by atoms with van der Waals surface area (Å²) in [7, 11) is 0. The van der Waals surface area contributed by atoms with Crippen LogP contribution in [0.2, 0.25) is 0 Å². The summed E-state index contributed by atoms with van der Waals surface area (Å²) in [5, 5.41) is 0. The second-order valence-corrected chi connectivity index (χ2v) is 11.0. The highest BCUT2D eigenvalue weighted by atomic mass is 15.1. The monoisotopic (exact) mass is 575 g/mol. The molecule has 0 saturated carbocycles. The van der Waals surface area contributed by atoms with Crippen molar-refractivity contribution in [3.8, 4) is 22.3 Å². The summed E-state index contributed by atoms with van der Waals surface area (Å²) >= 11 is 0. The summed E-state index contributed by atoms with van der Waals surface area (Å²) in [5.74, 6) is 0. The van der Waals surface area contributed by atoms with Gasteiger partial charge in [0.05, 0.1) is 0 Å². The van der Waals surface area contributed by atoms with Gasteiger partial charge >= 0.3 is 0 Å². The highest BCUT2D eigenvalue weighted by Crippen LogP contribution is 2.36. The maximum absolute atomic E-state index is 2.29. The molecular formula is C44H33N. The number of benzene rings is 7. The lowest BCUT2D eigenvalue weighted by atomic mass is 9.93. The van der Waals surface area contributed by atoms with Gasteiger partial charge in [-0.05, 0) is 87.0 Å². The molecule has 0 unspecified atom stereocenters. The van der Waals surface area contributed by atoms with Gasteiger partial charge in [-0.15, -0.1) is 0 Å². The summed E-state index contributed by atoms with van der Waals surface area (Å²) < 4.78 is 0. The number of para-hydroxylation sites is 2. The minimum atomic E-state index is 1.13. The zero-order chi connectivity index (χ0) is 30.3. The van der Waals surface area contributed by atoms with Gasteiger partial charge in [0.2, 0.25) is 0 Å². The van der Waals surface area contributed by atoms with Crippen molar-refractivity contribution in [3.63, 3.8) is 0 Å². The lowest BCUT2D eigenvalue weighted by Gasteiger charge is -2.25. The molecule has 45 heavy (non-hydrogen) atoms. The fraction of sp³-hybridized carbons (Fsp3) is 0. The molecule has 0 saturated heterocycles. The molecule has 0 aliphatic rings. The molecule has 0 aliphatic carbocycles. The van der Waals surface area contributed by atoms with E-state index in [0.717, 1.165) is 17.1 Å². The Morgan fingerprint density at radius 2 is 0.667 bits per heavy atom. The highest BCUT2D eigenvalue weighted by molar-refractivity contribution is 5.92. The fourth-order valence-electron chi connectivity index (χ4n) is 5.77. The van der Waals surface area contributed by atoms with Crippen LogP contribution in [0.1, 0.15) is 16.7 Å². The average molecular weight is 576 g/mol. The molecule has 7 aromatic carbocycles. The van der Waals surface area contributed by atoms with Crippen LogP contribution in [0.15, 0.2) is 194 Å². The maximum Gasteiger partial charge on any atom is 0.0462 e. The van der Waals surface area contributed by atoms with Gasteiger partial charge in [0.25, 0.3) is 0 Å². The normalized spacial score (nSPS) is 11.2. The Hall–Kier alpha value is -5.92. The third-order valence-electron chi connectivity index (χ3n) is 8.10. The van der Waals surface area contributed by atoms with E-state index >= 15 is 0 Å². The van der Waals surface area contributed by atoms with Crippen LogP contribution in [0, 0.1) is 0 Å². The van der Waals surface area contributed by atoms with Crippen LogP contribution in [0.4, 0.5) is 17.1 Å². The van der Waals surface area contributed by atoms with Crippen LogP contribution >= 0.6 is 0 Å². The van der Waals surface area contributed by atoms with Crippen molar-refractivity contribution < 1.29 is 0 Å². The van der Waals surface area contributed by atoms with E-state index in [-0.39, 0.29) is 0 Å². The molecule has 0 spiro atoms. The van der Waals surface area contributed by atoms with Crippen molar-refractivity contribution in [2.45, 2.75) is 0 Å². The lowest BCUT2D eigenvalue weighted by molar-refractivity contribution is 1.28. The standard InChI is InChI=1S/C44H33N/c1-5-13-35(14-6-1)36-23-21-34(22-24-36)33-44(39-15-7-2-8-16-39)40-27-25-37(26-28-40)38-29-31-43(32-30-38)45(41-17-9-3-10-18-41)42-19-11-4-12-20-42/h1-33H/b44-33+. The Bertz CT molecular complexity index is 1940. The predicted octanol–water partition coefficient (Wildman–Crippen LogP) is 12.1. The maximum atomic E-state index is 2.29. The smallest absolute Gasteiger partial charge is 0.0462 e. The molecule has 0 heterocycles. The van der Waals surface area contributed by atoms with Crippen molar-refractivity contribution in [3.05, 3.63) is 211 Å². The van der Waals surface area contributed by atoms with Crippen molar-refractivity contribution in [2.24, 2.45) is 0 Å². The van der Waals surface area contributed by atoms with Crippen LogP contribution in [-0.4, -0.2) is 0 Å². The van der Waals surface area contributed by atoms with Crippen molar-refractivity contribution in [2.75, 3.05) is 4.90 Å². The van der Waals surface area contributed by atoms with Gasteiger partial charge in [0.1, 0.15) is 0 Å². The third-order valence-corrected chi connectivity index (χ3v) is 8.10. The largest absolute Gasteiger partial charge is 0.311 e. The van der Waals surface area contributed by atoms with Gasteiger partial charge in [0, 0.05) is 17.1 Å². The molecule has 7 aromatic rings. The van der Waals surface area contributed by atoms with Gasteiger partial charge in [0.15, 0.2) is 0 Å². The number of hydrogen-bond acceptors (Lipinski definition) is 1. The zero-order valence-electron chi connectivity index (χ0n) is 25.0. The molecular weight excluding hydrogens is 542 g/mol. The van der Waals surface area contributed by atoms with Crippen LogP contribution in [0.25, 0.3) is 33.9 Å². The van der Waals surface area contributed by atoms with Crippen molar-refractivity contribution in [1.29, 1.82) is 0 Å². The van der Waals surface area contributed by atoms with E-state index in [9.17, 15) is 0 Å². The molecule has 0 amide bonds. The van der Waals surface area contributed by atoms with Gasteiger partial charge in [-0.1, -0.05) is 158 Å². The van der Waals surface area contributed by atoms with Crippen LogP contribution in [0.3, 0.4) is 0 Å². The van der Waals surface area contributed by atoms with E-state index in [4.69, 9.17) is 0 Å². The quantitative estimate of drug-likeness (QED) is 0.163. The molecule has 1 nitrogen and oxygen atoms in total. The zero-order valence-corrected chi connectivity index (χ0v) is 25.0.